The van der Waals surface area contributed by atoms with Crippen LogP contribution in [0.25, 0.3) is 10.2 Å². The maximum atomic E-state index is 14.2. The maximum Gasteiger partial charge on any atom is 0.239 e. The summed E-state index contributed by atoms with van der Waals surface area (Å²) < 4.78 is 30.0. The van der Waals surface area contributed by atoms with Crippen LogP contribution in [0.3, 0.4) is 0 Å². The lowest BCUT2D eigenvalue weighted by atomic mass is 10.3. The number of carbonyl (C=O) groups excluding carboxylic acids is 1. The van der Waals surface area contributed by atoms with E-state index in [1.807, 2.05) is 54.9 Å². The van der Waals surface area contributed by atoms with E-state index in [2.05, 4.69) is 10.1 Å². The molecule has 0 aliphatic heterocycles. The van der Waals surface area contributed by atoms with Gasteiger partial charge in [0.1, 0.15) is 11.3 Å². The van der Waals surface area contributed by atoms with E-state index in [1.165, 1.54) is 22.7 Å². The van der Waals surface area contributed by atoms with E-state index in [0.717, 1.165) is 33.7 Å². The van der Waals surface area contributed by atoms with Gasteiger partial charge in [0.15, 0.2) is 10.9 Å². The second-order valence-electron chi connectivity index (χ2n) is 7.03. The van der Waals surface area contributed by atoms with Gasteiger partial charge in [-0.15, -0.1) is 11.8 Å². The second-order valence-corrected chi connectivity index (χ2v) is 9.09. The number of halogens is 2. The highest BCUT2D eigenvalue weighted by atomic mass is 32.2. The van der Waals surface area contributed by atoms with Gasteiger partial charge >= 0.3 is 0 Å². The molecule has 2 heterocycles. The Balaban J connectivity index is 1.60. The SMILES string of the molecule is Cc1cc(C)n(CCN(C(=O)CSc2ccccc2)c2nc3c(F)cc(F)cc3s2)n1. The predicted molar refractivity (Wildman–Crippen MR) is 121 cm³/mol. The van der Waals surface area contributed by atoms with Crippen LogP contribution in [0.5, 0.6) is 0 Å². The van der Waals surface area contributed by atoms with Crippen molar-refractivity contribution in [1.29, 1.82) is 0 Å². The average molecular weight is 459 g/mol. The second kappa shape index (κ2) is 9.15. The number of nitrogens with zero attached hydrogens (tertiary/aromatic N) is 4. The minimum absolute atomic E-state index is 0.0704. The highest BCUT2D eigenvalue weighted by Crippen LogP contribution is 2.32. The summed E-state index contributed by atoms with van der Waals surface area (Å²) in [7, 11) is 0. The van der Waals surface area contributed by atoms with E-state index in [4.69, 9.17) is 0 Å². The molecule has 0 fully saturated rings. The molecule has 0 saturated heterocycles. The maximum absolute atomic E-state index is 14.2. The van der Waals surface area contributed by atoms with Crippen LogP contribution >= 0.6 is 23.1 Å². The van der Waals surface area contributed by atoms with Crippen molar-refractivity contribution in [3.05, 3.63) is 71.6 Å². The number of aryl methyl sites for hydroxylation is 2. The molecule has 31 heavy (non-hydrogen) atoms. The number of hydrogen-bond donors (Lipinski definition) is 0. The summed E-state index contributed by atoms with van der Waals surface area (Å²) >= 11 is 2.53. The number of thiazole rings is 1. The zero-order valence-corrected chi connectivity index (χ0v) is 18.6. The van der Waals surface area contributed by atoms with Gasteiger partial charge in [0.25, 0.3) is 0 Å². The third-order valence-corrected chi connectivity index (χ3v) is 6.70. The fourth-order valence-electron chi connectivity index (χ4n) is 3.22. The monoisotopic (exact) mass is 458 g/mol. The molecule has 2 aromatic carbocycles. The third kappa shape index (κ3) is 4.94. The van der Waals surface area contributed by atoms with Crippen LogP contribution in [0.4, 0.5) is 13.9 Å². The Bertz CT molecular complexity index is 1220. The van der Waals surface area contributed by atoms with E-state index in [1.54, 1.807) is 0 Å². The van der Waals surface area contributed by atoms with E-state index in [-0.39, 0.29) is 17.2 Å². The number of benzene rings is 2. The van der Waals surface area contributed by atoms with Gasteiger partial charge in [0.2, 0.25) is 5.91 Å². The van der Waals surface area contributed by atoms with Gasteiger partial charge in [-0.1, -0.05) is 29.5 Å². The number of fused-ring (bicyclic) bond motifs is 1. The van der Waals surface area contributed by atoms with Crippen LogP contribution in [-0.2, 0) is 11.3 Å². The summed E-state index contributed by atoms with van der Waals surface area (Å²) in [6.07, 6.45) is 0. The minimum atomic E-state index is -0.734. The first-order chi connectivity index (χ1) is 14.9. The Kier molecular flexibility index (Phi) is 6.33. The molecule has 4 rings (SSSR count). The molecule has 0 aliphatic carbocycles. The van der Waals surface area contributed by atoms with Crippen molar-refractivity contribution in [2.24, 2.45) is 0 Å². The number of amides is 1. The van der Waals surface area contributed by atoms with Crippen molar-refractivity contribution >= 4 is 44.4 Å². The molecule has 4 aromatic rings. The Morgan fingerprint density at radius 1 is 1.16 bits per heavy atom. The molecule has 0 radical (unpaired) electrons. The van der Waals surface area contributed by atoms with Crippen molar-refractivity contribution in [3.8, 4) is 0 Å². The summed E-state index contributed by atoms with van der Waals surface area (Å²) in [6.45, 7) is 4.65. The molecule has 0 spiro atoms. The van der Waals surface area contributed by atoms with Gasteiger partial charge in [0, 0.05) is 23.2 Å². The zero-order valence-electron chi connectivity index (χ0n) is 17.0. The molecule has 160 valence electrons. The molecule has 0 aliphatic rings. The molecule has 0 N–H and O–H groups in total. The minimum Gasteiger partial charge on any atom is -0.285 e. The Morgan fingerprint density at radius 2 is 1.94 bits per heavy atom. The number of rotatable bonds is 7. The summed E-state index contributed by atoms with van der Waals surface area (Å²) in [4.78, 5) is 20.0. The molecular weight excluding hydrogens is 438 g/mol. The molecule has 9 heteroatoms. The number of anilines is 1. The summed E-state index contributed by atoms with van der Waals surface area (Å²) in [5.74, 6) is -1.36. The van der Waals surface area contributed by atoms with Crippen molar-refractivity contribution in [2.75, 3.05) is 17.2 Å². The highest BCUT2D eigenvalue weighted by molar-refractivity contribution is 8.00. The van der Waals surface area contributed by atoms with Crippen LogP contribution in [-0.4, -0.2) is 33.0 Å². The lowest BCUT2D eigenvalue weighted by Gasteiger charge is -2.20. The van der Waals surface area contributed by atoms with E-state index < -0.39 is 11.6 Å². The molecule has 0 saturated carbocycles. The number of carbonyl (C=O) groups is 1. The first-order valence-corrected chi connectivity index (χ1v) is 11.5. The van der Waals surface area contributed by atoms with Gasteiger partial charge in [-0.2, -0.15) is 5.10 Å². The standard InChI is InChI=1S/C22H20F2N4OS2/c1-14-10-15(2)28(26-14)9-8-27(20(29)13-30-17-6-4-3-5-7-17)22-25-21-18(24)11-16(23)12-19(21)31-22/h3-7,10-12H,8-9,13H2,1-2H3. The first-order valence-electron chi connectivity index (χ1n) is 9.65. The molecule has 0 bridgehead atoms. The lowest BCUT2D eigenvalue weighted by molar-refractivity contribution is -0.116. The van der Waals surface area contributed by atoms with Gasteiger partial charge in [-0.25, -0.2) is 13.8 Å². The first kappa shape index (κ1) is 21.5. The van der Waals surface area contributed by atoms with Gasteiger partial charge in [-0.3, -0.25) is 14.4 Å². The molecule has 1 amide bonds. The van der Waals surface area contributed by atoms with Crippen molar-refractivity contribution in [3.63, 3.8) is 0 Å². The Morgan fingerprint density at radius 3 is 2.65 bits per heavy atom. The van der Waals surface area contributed by atoms with Crippen molar-refractivity contribution in [2.45, 2.75) is 25.3 Å². The zero-order chi connectivity index (χ0) is 22.0. The van der Waals surface area contributed by atoms with Crippen LogP contribution in [0.1, 0.15) is 11.4 Å². The quantitative estimate of drug-likeness (QED) is 0.357. The average Bonchev–Trinajstić information content (AvgIpc) is 3.30. The normalized spacial score (nSPS) is 11.2. The highest BCUT2D eigenvalue weighted by Gasteiger charge is 2.22. The summed E-state index contributed by atoms with van der Waals surface area (Å²) in [5, 5.41) is 4.79. The van der Waals surface area contributed by atoms with Crippen LogP contribution in [0.2, 0.25) is 0 Å². The van der Waals surface area contributed by atoms with E-state index in [0.29, 0.717) is 22.9 Å². The van der Waals surface area contributed by atoms with Crippen LogP contribution in [0.15, 0.2) is 53.4 Å². The molecule has 0 atom stereocenters. The fourth-order valence-corrected chi connectivity index (χ4v) is 5.07. The van der Waals surface area contributed by atoms with Crippen LogP contribution < -0.4 is 4.90 Å². The topological polar surface area (TPSA) is 51.0 Å². The Hall–Kier alpha value is -2.78. The molecule has 5 nitrogen and oxygen atoms in total. The van der Waals surface area contributed by atoms with Crippen molar-refractivity contribution in [1.82, 2.24) is 14.8 Å². The predicted octanol–water partition coefficient (Wildman–Crippen LogP) is 5.21. The lowest BCUT2D eigenvalue weighted by Crippen LogP contribution is -2.35. The van der Waals surface area contributed by atoms with E-state index >= 15 is 0 Å². The fraction of sp³-hybridized carbons (Fsp3) is 0.227. The van der Waals surface area contributed by atoms with Gasteiger partial charge in [0.05, 0.1) is 22.7 Å². The number of thioether (sulfide) groups is 1. The van der Waals surface area contributed by atoms with Gasteiger partial charge in [-0.05, 0) is 38.1 Å². The largest absolute Gasteiger partial charge is 0.285 e. The Labute approximate surface area is 186 Å². The van der Waals surface area contributed by atoms with Crippen LogP contribution in [0, 0.1) is 25.5 Å². The number of aromatic nitrogens is 3. The van der Waals surface area contributed by atoms with E-state index in [9.17, 15) is 13.6 Å². The molecule has 0 unspecified atom stereocenters. The molecule has 2 aromatic heterocycles. The molecular formula is C22H20F2N4OS2. The third-order valence-electron chi connectivity index (χ3n) is 4.68. The van der Waals surface area contributed by atoms with Gasteiger partial charge < -0.3 is 0 Å². The summed E-state index contributed by atoms with van der Waals surface area (Å²) in [5.41, 5.74) is 1.95. The van der Waals surface area contributed by atoms with Crippen molar-refractivity contribution < 1.29 is 13.6 Å². The number of hydrogen-bond acceptors (Lipinski definition) is 5. The smallest absolute Gasteiger partial charge is 0.239 e. The summed E-state index contributed by atoms with van der Waals surface area (Å²) in [6, 6.07) is 13.6.